The van der Waals surface area contributed by atoms with Crippen LogP contribution in [-0.2, 0) is 32.2 Å². The van der Waals surface area contributed by atoms with Gasteiger partial charge in [0.1, 0.15) is 6.04 Å². The molecule has 2 atom stereocenters. The molecule has 3 rings (SSSR count). The zero-order valence-electron chi connectivity index (χ0n) is 22.4. The lowest BCUT2D eigenvalue weighted by molar-refractivity contribution is -0.137. The number of nitrogens with two attached hydrogens (primary N) is 2. The fraction of sp³-hybridized carbons (Fsp3) is 0.370. The second-order valence-corrected chi connectivity index (χ2v) is 11.5. The van der Waals surface area contributed by atoms with Crippen LogP contribution in [0.25, 0.3) is 10.9 Å². The van der Waals surface area contributed by atoms with Crippen LogP contribution in [0, 0.1) is 5.92 Å². The maximum Gasteiger partial charge on any atom is 0.416 e. The largest absolute Gasteiger partial charge is 0.416 e. The molecule has 0 unspecified atom stereocenters. The Morgan fingerprint density at radius 2 is 1.63 bits per heavy atom. The van der Waals surface area contributed by atoms with E-state index in [-0.39, 0.29) is 32.6 Å². The molecular weight excluding hydrogens is 561 g/mol. The molecule has 0 radical (unpaired) electrons. The summed E-state index contributed by atoms with van der Waals surface area (Å²) in [7, 11) is -3.90. The highest BCUT2D eigenvalue weighted by atomic mass is 32.2. The standard InChI is InChI=1S/C27H33F3N6O4S/c1-18(17-41(39,40)36(12-10-31)13-11-32)25(37)35-24(14-19-6-8-21(9-7-19)27(28,29)30)26(38)34-22-15-20-4-2-3-5-23(20)33-16-22/h2-9,15-16,18,24H,10-14,17,31-32H2,1H3,(H,34,38)(H,35,37)/t18-,24+/m0/s1. The van der Waals surface area contributed by atoms with E-state index in [0.29, 0.717) is 16.8 Å². The molecule has 0 aliphatic rings. The molecule has 0 saturated carbocycles. The Morgan fingerprint density at radius 3 is 2.24 bits per heavy atom. The van der Waals surface area contributed by atoms with Crippen LogP contribution in [0.5, 0.6) is 0 Å². The number of amides is 2. The van der Waals surface area contributed by atoms with Crippen LogP contribution in [0.4, 0.5) is 18.9 Å². The summed E-state index contributed by atoms with van der Waals surface area (Å²) in [5.41, 5.74) is 11.6. The summed E-state index contributed by atoms with van der Waals surface area (Å²) in [4.78, 5) is 30.7. The number of para-hydroxylation sites is 1. The second-order valence-electron chi connectivity index (χ2n) is 9.52. The number of nitrogens with one attached hydrogen (secondary N) is 2. The Bertz CT molecular complexity index is 1450. The van der Waals surface area contributed by atoms with Crippen LogP contribution in [0.1, 0.15) is 18.1 Å². The SMILES string of the molecule is C[C@@H](CS(=O)(=O)N(CCN)CCN)C(=O)N[C@H](Cc1ccc(C(F)(F)F)cc1)C(=O)Nc1cnc2ccccc2c1. The summed E-state index contributed by atoms with van der Waals surface area (Å²) < 4.78 is 65.9. The zero-order valence-corrected chi connectivity index (χ0v) is 23.2. The van der Waals surface area contributed by atoms with Gasteiger partial charge in [0.2, 0.25) is 21.8 Å². The van der Waals surface area contributed by atoms with Crippen molar-refractivity contribution in [1.82, 2.24) is 14.6 Å². The molecule has 14 heteroatoms. The summed E-state index contributed by atoms with van der Waals surface area (Å²) in [5.74, 6) is -3.00. The molecular formula is C27H33F3N6O4S. The number of aromatic nitrogens is 1. The van der Waals surface area contributed by atoms with E-state index >= 15 is 0 Å². The number of benzene rings is 2. The fourth-order valence-electron chi connectivity index (χ4n) is 4.13. The average molecular weight is 595 g/mol. The van der Waals surface area contributed by atoms with Crippen LogP contribution in [0.3, 0.4) is 0 Å². The Labute approximate surface area is 236 Å². The minimum atomic E-state index is -4.53. The predicted octanol–water partition coefficient (Wildman–Crippen LogP) is 2.10. The number of hydrogen-bond donors (Lipinski definition) is 4. The minimum Gasteiger partial charge on any atom is -0.344 e. The van der Waals surface area contributed by atoms with E-state index < -0.39 is 51.3 Å². The molecule has 0 spiro atoms. The first-order chi connectivity index (χ1) is 19.3. The van der Waals surface area contributed by atoms with Crippen LogP contribution >= 0.6 is 0 Å². The van der Waals surface area contributed by atoms with Gasteiger partial charge < -0.3 is 22.1 Å². The minimum absolute atomic E-state index is 0.0343. The summed E-state index contributed by atoms with van der Waals surface area (Å²) in [6.07, 6.45) is -3.24. The summed E-state index contributed by atoms with van der Waals surface area (Å²) in [5, 5.41) is 6.01. The number of carbonyl (C=O) groups excluding carboxylic acids is 2. The van der Waals surface area contributed by atoms with Crippen molar-refractivity contribution in [2.45, 2.75) is 25.6 Å². The third kappa shape index (κ3) is 8.95. The van der Waals surface area contributed by atoms with E-state index in [4.69, 9.17) is 11.5 Å². The zero-order chi connectivity index (χ0) is 30.2. The Kier molecular flexibility index (Phi) is 10.8. The first-order valence-electron chi connectivity index (χ1n) is 12.8. The van der Waals surface area contributed by atoms with Crippen molar-refractivity contribution in [3.63, 3.8) is 0 Å². The van der Waals surface area contributed by atoms with E-state index in [9.17, 15) is 31.2 Å². The van der Waals surface area contributed by atoms with Gasteiger partial charge in [-0.2, -0.15) is 17.5 Å². The summed E-state index contributed by atoms with van der Waals surface area (Å²) in [6.45, 7) is 1.60. The number of rotatable bonds is 13. The normalized spacial score (nSPS) is 13.6. The number of anilines is 1. The lowest BCUT2D eigenvalue weighted by Crippen LogP contribution is -2.49. The second kappa shape index (κ2) is 13.9. The van der Waals surface area contributed by atoms with Gasteiger partial charge in [0.15, 0.2) is 0 Å². The average Bonchev–Trinajstić information content (AvgIpc) is 2.92. The third-order valence-electron chi connectivity index (χ3n) is 6.27. The van der Waals surface area contributed by atoms with Crippen molar-refractivity contribution in [2.24, 2.45) is 17.4 Å². The molecule has 0 fully saturated rings. The van der Waals surface area contributed by atoms with Gasteiger partial charge in [-0.1, -0.05) is 37.3 Å². The molecule has 0 aliphatic heterocycles. The van der Waals surface area contributed by atoms with E-state index in [1.54, 1.807) is 24.3 Å². The van der Waals surface area contributed by atoms with E-state index in [0.717, 1.165) is 21.8 Å². The van der Waals surface area contributed by atoms with Gasteiger partial charge in [-0.3, -0.25) is 14.6 Å². The number of sulfonamides is 1. The van der Waals surface area contributed by atoms with Crippen LogP contribution in [0.15, 0.2) is 60.8 Å². The van der Waals surface area contributed by atoms with Crippen molar-refractivity contribution >= 4 is 38.4 Å². The van der Waals surface area contributed by atoms with Gasteiger partial charge in [0, 0.05) is 38.0 Å². The molecule has 2 aromatic carbocycles. The van der Waals surface area contributed by atoms with E-state index in [2.05, 4.69) is 15.6 Å². The predicted molar refractivity (Wildman–Crippen MR) is 150 cm³/mol. The highest BCUT2D eigenvalue weighted by Gasteiger charge is 2.32. The monoisotopic (exact) mass is 594 g/mol. The lowest BCUT2D eigenvalue weighted by Gasteiger charge is -2.24. The first-order valence-corrected chi connectivity index (χ1v) is 14.4. The smallest absolute Gasteiger partial charge is 0.344 e. The number of fused-ring (bicyclic) bond motifs is 1. The first kappa shape index (κ1) is 31.9. The fourth-order valence-corrected chi connectivity index (χ4v) is 5.89. The van der Waals surface area contributed by atoms with Gasteiger partial charge in [-0.25, -0.2) is 8.42 Å². The van der Waals surface area contributed by atoms with Crippen molar-refractivity contribution in [2.75, 3.05) is 37.2 Å². The Hall–Kier alpha value is -3.59. The molecule has 222 valence electrons. The van der Waals surface area contributed by atoms with Crippen molar-refractivity contribution < 1.29 is 31.2 Å². The topological polar surface area (TPSA) is 161 Å². The molecule has 3 aromatic rings. The van der Waals surface area contributed by atoms with Crippen molar-refractivity contribution in [3.05, 3.63) is 71.9 Å². The lowest BCUT2D eigenvalue weighted by atomic mass is 10.0. The molecule has 41 heavy (non-hydrogen) atoms. The van der Waals surface area contributed by atoms with Gasteiger partial charge in [-0.05, 0) is 29.8 Å². The Morgan fingerprint density at radius 1 is 1.00 bits per heavy atom. The number of hydrogen-bond acceptors (Lipinski definition) is 7. The number of halogens is 3. The third-order valence-corrected chi connectivity index (χ3v) is 8.34. The molecule has 2 amide bonds. The van der Waals surface area contributed by atoms with E-state index in [1.807, 2.05) is 6.07 Å². The number of pyridine rings is 1. The Balaban J connectivity index is 1.81. The van der Waals surface area contributed by atoms with Crippen molar-refractivity contribution in [1.29, 1.82) is 0 Å². The molecule has 0 bridgehead atoms. The van der Waals surface area contributed by atoms with Crippen molar-refractivity contribution in [3.8, 4) is 0 Å². The van der Waals surface area contributed by atoms with Crippen LogP contribution in [-0.4, -0.2) is 67.5 Å². The van der Waals surface area contributed by atoms with E-state index in [1.165, 1.54) is 25.3 Å². The molecule has 0 saturated heterocycles. The molecule has 0 aliphatic carbocycles. The maximum absolute atomic E-state index is 13.3. The van der Waals surface area contributed by atoms with Gasteiger partial charge in [0.05, 0.1) is 34.6 Å². The number of nitrogens with zero attached hydrogens (tertiary/aromatic N) is 2. The molecule has 6 N–H and O–H groups in total. The highest BCUT2D eigenvalue weighted by molar-refractivity contribution is 7.89. The van der Waals surface area contributed by atoms with Gasteiger partial charge in [-0.15, -0.1) is 0 Å². The molecule has 1 aromatic heterocycles. The summed E-state index contributed by atoms with van der Waals surface area (Å²) >= 11 is 0. The van der Waals surface area contributed by atoms with Crippen LogP contribution in [0.2, 0.25) is 0 Å². The van der Waals surface area contributed by atoms with Gasteiger partial charge >= 0.3 is 6.18 Å². The van der Waals surface area contributed by atoms with Gasteiger partial charge in [0.25, 0.3) is 0 Å². The molecule has 1 heterocycles. The van der Waals surface area contributed by atoms with Crippen LogP contribution < -0.4 is 22.1 Å². The summed E-state index contributed by atoms with van der Waals surface area (Å²) in [6, 6.07) is 11.9. The highest BCUT2D eigenvalue weighted by Crippen LogP contribution is 2.29. The maximum atomic E-state index is 13.3. The quantitative estimate of drug-likeness (QED) is 0.236. The number of carbonyl (C=O) groups is 2. The number of alkyl halides is 3. The molecule has 10 nitrogen and oxygen atoms in total.